The number of alkyl halides is 2. The molecule has 0 aliphatic carbocycles. The van der Waals surface area contributed by atoms with Crippen molar-refractivity contribution in [3.8, 4) is 0 Å². The molecule has 1 aromatic heterocycles. The average molecular weight is 159 g/mol. The summed E-state index contributed by atoms with van der Waals surface area (Å²) in [6, 6.07) is 2.41. The van der Waals surface area contributed by atoms with Gasteiger partial charge in [-0.1, -0.05) is 0 Å². The van der Waals surface area contributed by atoms with Crippen molar-refractivity contribution in [1.29, 1.82) is 0 Å². The number of aliphatic hydroxyl groups is 1. The molecule has 4 heteroatoms. The maximum atomic E-state index is 12.0. The average Bonchev–Trinajstić information content (AvgIpc) is 2.05. The summed E-state index contributed by atoms with van der Waals surface area (Å²) in [5.74, 6) is 0. The Morgan fingerprint density at radius 2 is 2.27 bits per heavy atom. The molecule has 1 aromatic rings. The minimum atomic E-state index is -2.50. The van der Waals surface area contributed by atoms with E-state index in [0.717, 1.165) is 0 Å². The highest BCUT2D eigenvalue weighted by Gasteiger charge is 2.06. The third-order valence-corrected chi connectivity index (χ3v) is 1.25. The summed E-state index contributed by atoms with van der Waals surface area (Å²) in [5.41, 5.74) is 0.159. The Balaban J connectivity index is 2.91. The third-order valence-electron chi connectivity index (χ3n) is 1.25. The van der Waals surface area contributed by atoms with Gasteiger partial charge in [0.25, 0.3) is 6.43 Å². The van der Waals surface area contributed by atoms with Crippen LogP contribution in [0.2, 0.25) is 0 Å². The van der Waals surface area contributed by atoms with Gasteiger partial charge in [-0.2, -0.15) is 0 Å². The maximum absolute atomic E-state index is 12.0. The van der Waals surface area contributed by atoms with E-state index in [1.165, 1.54) is 18.3 Å². The standard InChI is InChI=1S/C7H7F2NO/c8-7(9)5-1-2-10-6(3-5)4-11/h1-3,7,11H,4H2. The van der Waals surface area contributed by atoms with Crippen LogP contribution in [0.15, 0.2) is 18.3 Å². The van der Waals surface area contributed by atoms with Crippen molar-refractivity contribution < 1.29 is 13.9 Å². The Morgan fingerprint density at radius 1 is 1.55 bits per heavy atom. The van der Waals surface area contributed by atoms with Crippen molar-refractivity contribution in [2.24, 2.45) is 0 Å². The van der Waals surface area contributed by atoms with Crippen LogP contribution in [0.3, 0.4) is 0 Å². The molecule has 1 rings (SSSR count). The first-order valence-electron chi connectivity index (χ1n) is 3.08. The van der Waals surface area contributed by atoms with Crippen molar-refractivity contribution in [2.75, 3.05) is 0 Å². The second-order valence-corrected chi connectivity index (χ2v) is 2.04. The van der Waals surface area contributed by atoms with Gasteiger partial charge in [0, 0.05) is 11.8 Å². The van der Waals surface area contributed by atoms with Crippen LogP contribution >= 0.6 is 0 Å². The van der Waals surface area contributed by atoms with Crippen LogP contribution in [0.1, 0.15) is 17.7 Å². The molecule has 11 heavy (non-hydrogen) atoms. The van der Waals surface area contributed by atoms with Gasteiger partial charge in [0.2, 0.25) is 0 Å². The quantitative estimate of drug-likeness (QED) is 0.709. The van der Waals surface area contributed by atoms with Gasteiger partial charge in [-0.05, 0) is 12.1 Å². The van der Waals surface area contributed by atoms with E-state index in [9.17, 15) is 8.78 Å². The van der Waals surface area contributed by atoms with Gasteiger partial charge in [0.15, 0.2) is 0 Å². The van der Waals surface area contributed by atoms with E-state index < -0.39 is 6.43 Å². The van der Waals surface area contributed by atoms with Crippen LogP contribution in [0.5, 0.6) is 0 Å². The first-order valence-corrected chi connectivity index (χ1v) is 3.08. The monoisotopic (exact) mass is 159 g/mol. The number of nitrogens with zero attached hydrogens (tertiary/aromatic N) is 1. The lowest BCUT2D eigenvalue weighted by molar-refractivity contribution is 0.151. The van der Waals surface area contributed by atoms with Crippen LogP contribution in [-0.2, 0) is 6.61 Å². The second-order valence-electron chi connectivity index (χ2n) is 2.04. The molecule has 0 aliphatic heterocycles. The molecule has 0 radical (unpaired) electrons. The third kappa shape index (κ3) is 1.94. The molecule has 0 bridgehead atoms. The van der Waals surface area contributed by atoms with Crippen molar-refractivity contribution >= 4 is 0 Å². The highest BCUT2D eigenvalue weighted by molar-refractivity contribution is 5.16. The molecule has 0 saturated carbocycles. The second kappa shape index (κ2) is 3.39. The van der Waals surface area contributed by atoms with Crippen LogP contribution in [-0.4, -0.2) is 10.1 Å². The van der Waals surface area contributed by atoms with Crippen molar-refractivity contribution in [3.63, 3.8) is 0 Å². The first kappa shape index (κ1) is 8.07. The Bertz CT molecular complexity index is 240. The van der Waals surface area contributed by atoms with Gasteiger partial charge in [0.05, 0.1) is 12.3 Å². The summed E-state index contributed by atoms with van der Waals surface area (Å²) < 4.78 is 23.9. The smallest absolute Gasteiger partial charge is 0.263 e. The first-order chi connectivity index (χ1) is 5.24. The van der Waals surface area contributed by atoms with Crippen LogP contribution in [0.25, 0.3) is 0 Å². The molecule has 0 amide bonds. The number of halogens is 2. The molecule has 0 aromatic carbocycles. The van der Waals surface area contributed by atoms with E-state index in [-0.39, 0.29) is 17.9 Å². The summed E-state index contributed by atoms with van der Waals surface area (Å²) in [4.78, 5) is 3.66. The number of aliphatic hydroxyl groups excluding tert-OH is 1. The van der Waals surface area contributed by atoms with Gasteiger partial charge in [-0.15, -0.1) is 0 Å². The summed E-state index contributed by atoms with van der Waals surface area (Å²) >= 11 is 0. The molecule has 0 spiro atoms. The Morgan fingerprint density at radius 3 is 2.82 bits per heavy atom. The molecule has 1 N–H and O–H groups in total. The Hall–Kier alpha value is -1.03. The lowest BCUT2D eigenvalue weighted by Gasteiger charge is -1.99. The summed E-state index contributed by atoms with van der Waals surface area (Å²) in [6.45, 7) is -0.305. The van der Waals surface area contributed by atoms with Crippen LogP contribution < -0.4 is 0 Å². The zero-order valence-electron chi connectivity index (χ0n) is 5.67. The van der Waals surface area contributed by atoms with E-state index >= 15 is 0 Å². The summed E-state index contributed by atoms with van der Waals surface area (Å²) in [6.07, 6.45) is -1.24. The van der Waals surface area contributed by atoms with Crippen molar-refractivity contribution in [2.45, 2.75) is 13.0 Å². The zero-order valence-corrected chi connectivity index (χ0v) is 5.67. The topological polar surface area (TPSA) is 33.1 Å². The molecular formula is C7H7F2NO. The normalized spacial score (nSPS) is 10.5. The van der Waals surface area contributed by atoms with Gasteiger partial charge < -0.3 is 5.11 Å². The number of aromatic nitrogens is 1. The molecule has 0 aliphatic rings. The fraction of sp³-hybridized carbons (Fsp3) is 0.286. The molecule has 60 valence electrons. The Labute approximate surface area is 62.5 Å². The lowest BCUT2D eigenvalue weighted by Crippen LogP contribution is -1.91. The molecule has 0 saturated heterocycles. The van der Waals surface area contributed by atoms with Crippen molar-refractivity contribution in [3.05, 3.63) is 29.6 Å². The highest BCUT2D eigenvalue weighted by Crippen LogP contribution is 2.17. The lowest BCUT2D eigenvalue weighted by atomic mass is 10.2. The van der Waals surface area contributed by atoms with E-state index in [2.05, 4.69) is 4.98 Å². The predicted molar refractivity (Wildman–Crippen MR) is 35.1 cm³/mol. The van der Waals surface area contributed by atoms with Gasteiger partial charge in [0.1, 0.15) is 0 Å². The number of rotatable bonds is 2. The van der Waals surface area contributed by atoms with Gasteiger partial charge >= 0.3 is 0 Å². The van der Waals surface area contributed by atoms with E-state index in [1.807, 2.05) is 0 Å². The zero-order chi connectivity index (χ0) is 8.27. The minimum absolute atomic E-state index is 0.107. The molecule has 0 atom stereocenters. The van der Waals surface area contributed by atoms with E-state index in [4.69, 9.17) is 5.11 Å². The molecule has 2 nitrogen and oxygen atoms in total. The highest BCUT2D eigenvalue weighted by atomic mass is 19.3. The van der Waals surface area contributed by atoms with E-state index in [1.54, 1.807) is 0 Å². The largest absolute Gasteiger partial charge is 0.390 e. The number of pyridine rings is 1. The maximum Gasteiger partial charge on any atom is 0.263 e. The SMILES string of the molecule is OCc1cc(C(F)F)ccn1. The molecular weight excluding hydrogens is 152 g/mol. The number of hydrogen-bond acceptors (Lipinski definition) is 2. The van der Waals surface area contributed by atoms with Gasteiger partial charge in [-0.3, -0.25) is 4.98 Å². The van der Waals surface area contributed by atoms with E-state index in [0.29, 0.717) is 0 Å². The Kier molecular flexibility index (Phi) is 2.48. The fourth-order valence-corrected chi connectivity index (χ4v) is 0.719. The van der Waals surface area contributed by atoms with Crippen LogP contribution in [0, 0.1) is 0 Å². The van der Waals surface area contributed by atoms with Crippen LogP contribution in [0.4, 0.5) is 8.78 Å². The van der Waals surface area contributed by atoms with Gasteiger partial charge in [-0.25, -0.2) is 8.78 Å². The molecule has 0 unspecified atom stereocenters. The van der Waals surface area contributed by atoms with Crippen molar-refractivity contribution in [1.82, 2.24) is 4.98 Å². The molecule has 1 heterocycles. The minimum Gasteiger partial charge on any atom is -0.390 e. The fourth-order valence-electron chi connectivity index (χ4n) is 0.719. The summed E-state index contributed by atoms with van der Waals surface area (Å²) in [7, 11) is 0. The predicted octanol–water partition coefficient (Wildman–Crippen LogP) is 1.51. The molecule has 0 fully saturated rings. The number of hydrogen-bond donors (Lipinski definition) is 1. The summed E-state index contributed by atoms with van der Waals surface area (Å²) in [5, 5.41) is 8.54.